The molecule has 1 unspecified atom stereocenters. The minimum atomic E-state index is -4.41. The predicted octanol–water partition coefficient (Wildman–Crippen LogP) is 8.27. The predicted molar refractivity (Wildman–Crippen MR) is 206 cm³/mol. The molecule has 0 saturated heterocycles. The van der Waals surface area contributed by atoms with E-state index in [1.54, 1.807) is 6.07 Å². The molecule has 1 aromatic carbocycles. The minimum Gasteiger partial charge on any atom is -0.466 e. The quantitative estimate of drug-likeness (QED) is 0.0175. The number of carbonyl (C=O) groups excluding carboxylic acids is 2. The number of hydrogen-bond acceptors (Lipinski definition) is 13. The number of nitro groups is 1. The number of phosphoric acid groups is 1. The van der Waals surface area contributed by atoms with E-state index >= 15 is 0 Å². The maximum atomic E-state index is 12.7. The highest BCUT2D eigenvalue weighted by Crippen LogP contribution is 2.43. The molecule has 0 amide bonds. The Morgan fingerprint density at radius 3 is 2.04 bits per heavy atom. The standard InChI is InChI=1S/C37H64N5O11P/c1-5-6-7-8-9-10-11-12-13-14-15-16-18-21-34(43)49-28-25-31(30-51-54(47,48)50-29-27-42(2,3)4)52-35(44)22-19-17-20-26-38-32-23-24-33(41(45)46)37-36(32)39-53-40-37/h23-24,31H,5-22,25-30H2,1-4H3,(H-,38,40,47,48)/p+1/t31-/m1/s1. The molecule has 1 aromatic heterocycles. The molecule has 2 aromatic rings. The molecule has 54 heavy (non-hydrogen) atoms. The van der Waals surface area contributed by atoms with Gasteiger partial charge in [-0.15, -0.1) is 0 Å². The van der Waals surface area contributed by atoms with Crippen molar-refractivity contribution >= 4 is 42.2 Å². The molecule has 0 saturated carbocycles. The summed E-state index contributed by atoms with van der Waals surface area (Å²) in [5.41, 5.74) is 0.671. The topological polar surface area (TPSA) is 202 Å². The lowest BCUT2D eigenvalue weighted by Crippen LogP contribution is -2.37. The van der Waals surface area contributed by atoms with Crippen molar-refractivity contribution in [1.29, 1.82) is 0 Å². The molecule has 0 radical (unpaired) electrons. The number of unbranched alkanes of at least 4 members (excludes halogenated alkanes) is 14. The van der Waals surface area contributed by atoms with Crippen LogP contribution in [0.15, 0.2) is 16.8 Å². The fourth-order valence-corrected chi connectivity index (χ4v) is 6.41. The van der Waals surface area contributed by atoms with Crippen LogP contribution in [0.5, 0.6) is 0 Å². The second-order valence-electron chi connectivity index (χ2n) is 14.8. The first-order valence-corrected chi connectivity index (χ1v) is 21.2. The highest BCUT2D eigenvalue weighted by Gasteiger charge is 2.26. The van der Waals surface area contributed by atoms with Gasteiger partial charge in [-0.05, 0) is 35.6 Å². The third-order valence-electron chi connectivity index (χ3n) is 8.89. The number of ether oxygens (including phenoxy) is 2. The van der Waals surface area contributed by atoms with Crippen LogP contribution in [0.2, 0.25) is 0 Å². The maximum Gasteiger partial charge on any atom is 0.472 e. The summed E-state index contributed by atoms with van der Waals surface area (Å²) in [4.78, 5) is 45.9. The van der Waals surface area contributed by atoms with Gasteiger partial charge >= 0.3 is 25.4 Å². The zero-order chi connectivity index (χ0) is 39.7. The highest BCUT2D eigenvalue weighted by atomic mass is 31.2. The van der Waals surface area contributed by atoms with Crippen molar-refractivity contribution in [2.24, 2.45) is 0 Å². The van der Waals surface area contributed by atoms with E-state index in [2.05, 4.69) is 27.2 Å². The van der Waals surface area contributed by atoms with Crippen molar-refractivity contribution in [1.82, 2.24) is 10.3 Å². The van der Waals surface area contributed by atoms with Gasteiger partial charge in [-0.25, -0.2) is 9.19 Å². The number of benzene rings is 1. The molecule has 17 heteroatoms. The van der Waals surface area contributed by atoms with Crippen LogP contribution in [-0.4, -0.2) is 96.7 Å². The van der Waals surface area contributed by atoms with Crippen LogP contribution in [-0.2, 0) is 32.7 Å². The summed E-state index contributed by atoms with van der Waals surface area (Å²) in [7, 11) is 1.36. The first-order valence-electron chi connectivity index (χ1n) is 19.7. The van der Waals surface area contributed by atoms with Crippen LogP contribution in [0.25, 0.3) is 11.0 Å². The third kappa shape index (κ3) is 21.7. The van der Waals surface area contributed by atoms with Crippen molar-refractivity contribution < 1.29 is 51.6 Å². The normalized spacial score (nSPS) is 13.4. The zero-order valence-corrected chi connectivity index (χ0v) is 33.9. The van der Waals surface area contributed by atoms with Gasteiger partial charge in [-0.1, -0.05) is 90.4 Å². The number of nitro benzene ring substituents is 1. The van der Waals surface area contributed by atoms with Gasteiger partial charge in [0.15, 0.2) is 5.52 Å². The molecule has 0 aliphatic heterocycles. The van der Waals surface area contributed by atoms with Crippen molar-refractivity contribution in [3.8, 4) is 0 Å². The Morgan fingerprint density at radius 2 is 1.43 bits per heavy atom. The van der Waals surface area contributed by atoms with Gasteiger partial charge in [-0.2, -0.15) is 0 Å². The monoisotopic (exact) mass is 786 g/mol. The van der Waals surface area contributed by atoms with E-state index in [0.29, 0.717) is 48.9 Å². The molecule has 2 N–H and O–H groups in total. The Morgan fingerprint density at radius 1 is 0.852 bits per heavy atom. The van der Waals surface area contributed by atoms with Gasteiger partial charge in [0.05, 0.1) is 45.0 Å². The number of phosphoric ester groups is 1. The van der Waals surface area contributed by atoms with Crippen LogP contribution in [0, 0.1) is 10.1 Å². The molecule has 2 rings (SSSR count). The summed E-state index contributed by atoms with van der Waals surface area (Å²) in [6.45, 7) is 2.80. The fraction of sp³-hybridized carbons (Fsp3) is 0.784. The molecule has 0 aliphatic rings. The van der Waals surface area contributed by atoms with Gasteiger partial charge in [0.25, 0.3) is 0 Å². The number of anilines is 1. The number of rotatable bonds is 33. The summed E-state index contributed by atoms with van der Waals surface area (Å²) in [6, 6.07) is 2.88. The average Bonchev–Trinajstić information content (AvgIpc) is 3.60. The second-order valence-corrected chi connectivity index (χ2v) is 16.3. The Hall–Kier alpha value is -3.17. The first-order chi connectivity index (χ1) is 25.8. The van der Waals surface area contributed by atoms with E-state index < -0.39 is 31.4 Å². The van der Waals surface area contributed by atoms with E-state index in [1.807, 2.05) is 21.1 Å². The lowest BCUT2D eigenvalue weighted by molar-refractivity contribution is -0.870. The number of likely N-dealkylation sites (N-methyl/N-ethyl adjacent to an activating group) is 1. The van der Waals surface area contributed by atoms with Gasteiger partial charge in [0, 0.05) is 31.9 Å². The summed E-state index contributed by atoms with van der Waals surface area (Å²) in [6.07, 6.45) is 17.2. The largest absolute Gasteiger partial charge is 0.472 e. The Bertz CT molecular complexity index is 1420. The van der Waals surface area contributed by atoms with Crippen molar-refractivity contribution in [2.75, 3.05) is 59.4 Å². The molecule has 16 nitrogen and oxygen atoms in total. The van der Waals surface area contributed by atoms with E-state index in [-0.39, 0.29) is 48.7 Å². The number of fused-ring (bicyclic) bond motifs is 1. The molecular formula is C37H65N5O11P+. The van der Waals surface area contributed by atoms with Crippen LogP contribution in [0.4, 0.5) is 11.4 Å². The number of nitrogens with one attached hydrogen (secondary N) is 1. The van der Waals surface area contributed by atoms with Crippen molar-refractivity contribution in [3.63, 3.8) is 0 Å². The van der Waals surface area contributed by atoms with Crippen LogP contribution >= 0.6 is 7.82 Å². The lowest BCUT2D eigenvalue weighted by Gasteiger charge is -2.24. The van der Waals surface area contributed by atoms with E-state index in [1.165, 1.54) is 70.3 Å². The molecule has 0 spiro atoms. The number of carbonyl (C=O) groups is 2. The van der Waals surface area contributed by atoms with E-state index in [4.69, 9.17) is 18.5 Å². The molecule has 0 fully saturated rings. The summed E-state index contributed by atoms with van der Waals surface area (Å²) < 4.78 is 38.9. The molecule has 0 aliphatic carbocycles. The van der Waals surface area contributed by atoms with E-state index in [0.717, 1.165) is 19.3 Å². The van der Waals surface area contributed by atoms with Crippen molar-refractivity contribution in [3.05, 3.63) is 22.2 Å². The molecule has 0 bridgehead atoms. The smallest absolute Gasteiger partial charge is 0.466 e. The summed E-state index contributed by atoms with van der Waals surface area (Å²) in [5.74, 6) is -0.845. The number of quaternary nitrogens is 1. The molecular weight excluding hydrogens is 721 g/mol. The number of aromatic nitrogens is 2. The number of hydrogen-bond donors (Lipinski definition) is 2. The number of nitrogens with zero attached hydrogens (tertiary/aromatic N) is 4. The van der Waals surface area contributed by atoms with Gasteiger partial charge < -0.3 is 24.2 Å². The number of non-ortho nitro benzene ring substituents is 1. The maximum absolute atomic E-state index is 12.7. The Kier molecular flexibility index (Phi) is 23.1. The lowest BCUT2D eigenvalue weighted by atomic mass is 10.0. The third-order valence-corrected chi connectivity index (χ3v) is 9.87. The van der Waals surface area contributed by atoms with Gasteiger partial charge in [0.1, 0.15) is 19.3 Å². The van der Waals surface area contributed by atoms with Gasteiger partial charge in [0.2, 0.25) is 5.52 Å². The van der Waals surface area contributed by atoms with Crippen LogP contribution in [0.3, 0.4) is 0 Å². The average molecular weight is 787 g/mol. The SMILES string of the molecule is CCCCCCCCCCCCCCCC(=O)OCC[C@H](COP(=O)(O)OCC[N+](C)(C)C)OC(=O)CCCCCNc1ccc([N+](=O)[O-])c2nonc12. The second kappa shape index (κ2) is 26.6. The summed E-state index contributed by atoms with van der Waals surface area (Å²) in [5, 5.41) is 21.7. The minimum absolute atomic E-state index is 0.00204. The van der Waals surface area contributed by atoms with Crippen LogP contribution in [0.1, 0.15) is 129 Å². The Labute approximate surface area is 320 Å². The van der Waals surface area contributed by atoms with Crippen molar-refractivity contribution in [2.45, 2.75) is 135 Å². The Balaban J connectivity index is 1.70. The van der Waals surface area contributed by atoms with E-state index in [9.17, 15) is 29.2 Å². The molecule has 1 heterocycles. The number of esters is 2. The first kappa shape index (κ1) is 47.0. The highest BCUT2D eigenvalue weighted by molar-refractivity contribution is 7.47. The molecule has 308 valence electrons. The molecule has 2 atom stereocenters. The summed E-state index contributed by atoms with van der Waals surface area (Å²) >= 11 is 0. The van der Waals surface area contributed by atoms with Crippen LogP contribution < -0.4 is 5.32 Å². The zero-order valence-electron chi connectivity index (χ0n) is 33.0. The van der Waals surface area contributed by atoms with Gasteiger partial charge in [-0.3, -0.25) is 28.8 Å². The fourth-order valence-electron chi connectivity index (χ4n) is 5.67.